The summed E-state index contributed by atoms with van der Waals surface area (Å²) in [6.07, 6.45) is 2.52. The molecule has 15 heavy (non-hydrogen) atoms. The standard InChI is InChI=1S/C12H26O2Si/c1-8-12(9-2,10-13)14-15(6,7)11(3,4)5/h10H,8-9H2,1-7H3. The molecule has 0 aromatic carbocycles. The van der Waals surface area contributed by atoms with Crippen LogP contribution in [0.15, 0.2) is 0 Å². The van der Waals surface area contributed by atoms with Gasteiger partial charge in [-0.15, -0.1) is 0 Å². The highest BCUT2D eigenvalue weighted by molar-refractivity contribution is 6.74. The Kier molecular flexibility index (Phi) is 4.74. The first-order valence-electron chi connectivity index (χ1n) is 5.80. The van der Waals surface area contributed by atoms with Gasteiger partial charge in [-0.3, -0.25) is 0 Å². The highest BCUT2D eigenvalue weighted by Gasteiger charge is 2.43. The van der Waals surface area contributed by atoms with E-state index in [9.17, 15) is 4.79 Å². The second-order valence-electron chi connectivity index (χ2n) is 5.75. The van der Waals surface area contributed by atoms with Crippen LogP contribution in [0.3, 0.4) is 0 Å². The predicted octanol–water partition coefficient (Wildman–Crippen LogP) is 3.77. The van der Waals surface area contributed by atoms with Crippen molar-refractivity contribution in [3.63, 3.8) is 0 Å². The largest absolute Gasteiger partial charge is 0.405 e. The van der Waals surface area contributed by atoms with E-state index >= 15 is 0 Å². The Bertz CT molecular complexity index is 212. The average molecular weight is 230 g/mol. The van der Waals surface area contributed by atoms with Crippen molar-refractivity contribution in [3.05, 3.63) is 0 Å². The molecule has 0 saturated heterocycles. The van der Waals surface area contributed by atoms with Crippen LogP contribution < -0.4 is 0 Å². The third kappa shape index (κ3) is 3.42. The maximum atomic E-state index is 11.2. The monoisotopic (exact) mass is 230 g/mol. The molecular weight excluding hydrogens is 204 g/mol. The van der Waals surface area contributed by atoms with E-state index in [1.807, 2.05) is 13.8 Å². The van der Waals surface area contributed by atoms with Crippen molar-refractivity contribution in [1.82, 2.24) is 0 Å². The second kappa shape index (κ2) is 4.79. The van der Waals surface area contributed by atoms with Crippen molar-refractivity contribution in [1.29, 1.82) is 0 Å². The highest BCUT2D eigenvalue weighted by atomic mass is 28.4. The summed E-state index contributed by atoms with van der Waals surface area (Å²) in [5, 5.41) is 0.158. The van der Waals surface area contributed by atoms with Crippen LogP contribution in [0.5, 0.6) is 0 Å². The summed E-state index contributed by atoms with van der Waals surface area (Å²) in [6, 6.07) is 0. The summed E-state index contributed by atoms with van der Waals surface area (Å²) in [6.45, 7) is 15.0. The van der Waals surface area contributed by atoms with E-state index in [1.165, 1.54) is 0 Å². The number of aldehydes is 1. The van der Waals surface area contributed by atoms with E-state index in [1.54, 1.807) is 0 Å². The van der Waals surface area contributed by atoms with Crippen molar-refractivity contribution >= 4 is 14.6 Å². The van der Waals surface area contributed by atoms with Crippen molar-refractivity contribution in [2.75, 3.05) is 0 Å². The molecule has 0 rings (SSSR count). The molecule has 0 aliphatic carbocycles. The lowest BCUT2D eigenvalue weighted by Crippen LogP contribution is -2.50. The molecule has 0 heterocycles. The molecule has 0 atom stereocenters. The van der Waals surface area contributed by atoms with Gasteiger partial charge >= 0.3 is 0 Å². The molecule has 0 spiro atoms. The van der Waals surface area contributed by atoms with E-state index in [-0.39, 0.29) is 5.04 Å². The van der Waals surface area contributed by atoms with Crippen molar-refractivity contribution in [2.24, 2.45) is 0 Å². The van der Waals surface area contributed by atoms with Crippen LogP contribution in [0.4, 0.5) is 0 Å². The van der Waals surface area contributed by atoms with Gasteiger partial charge in [0.2, 0.25) is 0 Å². The number of hydrogen-bond donors (Lipinski definition) is 0. The van der Waals surface area contributed by atoms with Crippen LogP contribution in [0.25, 0.3) is 0 Å². The molecule has 3 heteroatoms. The quantitative estimate of drug-likeness (QED) is 0.531. The van der Waals surface area contributed by atoms with E-state index in [4.69, 9.17) is 4.43 Å². The molecule has 0 saturated carbocycles. The Morgan fingerprint density at radius 3 is 1.73 bits per heavy atom. The van der Waals surface area contributed by atoms with Crippen LogP contribution in [0.1, 0.15) is 47.5 Å². The van der Waals surface area contributed by atoms with Gasteiger partial charge in [0.15, 0.2) is 14.6 Å². The topological polar surface area (TPSA) is 26.3 Å². The van der Waals surface area contributed by atoms with Crippen molar-refractivity contribution < 1.29 is 9.22 Å². The fraction of sp³-hybridized carbons (Fsp3) is 0.917. The maximum absolute atomic E-state index is 11.2. The zero-order chi connectivity index (χ0) is 12.3. The fourth-order valence-electron chi connectivity index (χ4n) is 1.25. The zero-order valence-corrected chi connectivity index (χ0v) is 12.3. The van der Waals surface area contributed by atoms with Crippen LogP contribution in [0.2, 0.25) is 18.1 Å². The van der Waals surface area contributed by atoms with Gasteiger partial charge in [0.25, 0.3) is 0 Å². The molecule has 0 unspecified atom stereocenters. The number of rotatable bonds is 5. The Balaban J connectivity index is 4.90. The molecule has 2 nitrogen and oxygen atoms in total. The first-order valence-corrected chi connectivity index (χ1v) is 8.71. The summed E-state index contributed by atoms with van der Waals surface area (Å²) >= 11 is 0. The minimum absolute atomic E-state index is 0.158. The van der Waals surface area contributed by atoms with Gasteiger partial charge in [0.05, 0.1) is 0 Å². The average Bonchev–Trinajstić information content (AvgIpc) is 2.12. The molecule has 0 fully saturated rings. The molecule has 90 valence electrons. The summed E-state index contributed by atoms with van der Waals surface area (Å²) in [4.78, 5) is 11.2. The Morgan fingerprint density at radius 2 is 1.53 bits per heavy atom. The summed E-state index contributed by atoms with van der Waals surface area (Å²) < 4.78 is 6.21. The van der Waals surface area contributed by atoms with Crippen molar-refractivity contribution in [3.8, 4) is 0 Å². The van der Waals surface area contributed by atoms with Gasteiger partial charge in [-0.2, -0.15) is 0 Å². The second-order valence-corrected chi connectivity index (χ2v) is 10.5. The molecule has 0 aliphatic rings. The lowest BCUT2D eigenvalue weighted by atomic mass is 10.0. The van der Waals surface area contributed by atoms with Crippen LogP contribution in [-0.4, -0.2) is 20.2 Å². The summed E-state index contributed by atoms with van der Waals surface area (Å²) in [5.41, 5.74) is -0.553. The molecule has 0 N–H and O–H groups in total. The SMILES string of the molecule is CCC(C=O)(CC)O[Si](C)(C)C(C)(C)C. The molecular formula is C12H26O2Si. The number of carbonyl (C=O) groups excluding carboxylic acids is 1. The third-order valence-corrected chi connectivity index (χ3v) is 8.21. The molecule has 0 aromatic rings. The van der Waals surface area contributed by atoms with Gasteiger partial charge in [0, 0.05) is 0 Å². The third-order valence-electron chi connectivity index (χ3n) is 3.68. The minimum atomic E-state index is -1.83. The zero-order valence-electron chi connectivity index (χ0n) is 11.3. The van der Waals surface area contributed by atoms with Gasteiger partial charge in [-0.1, -0.05) is 34.6 Å². The number of hydrogen-bond acceptors (Lipinski definition) is 2. The van der Waals surface area contributed by atoms with Gasteiger partial charge in [0.1, 0.15) is 5.60 Å². The molecule has 0 bridgehead atoms. The summed E-state index contributed by atoms with van der Waals surface area (Å²) in [5.74, 6) is 0. The first-order chi connectivity index (χ1) is 6.64. The van der Waals surface area contributed by atoms with E-state index in [0.717, 1.165) is 19.1 Å². The van der Waals surface area contributed by atoms with Crippen LogP contribution >= 0.6 is 0 Å². The molecule has 0 aromatic heterocycles. The lowest BCUT2D eigenvalue weighted by Gasteiger charge is -2.42. The lowest BCUT2D eigenvalue weighted by molar-refractivity contribution is -0.123. The Labute approximate surface area is 95.5 Å². The predicted molar refractivity (Wildman–Crippen MR) is 67.7 cm³/mol. The highest BCUT2D eigenvalue weighted by Crippen LogP contribution is 2.40. The van der Waals surface area contributed by atoms with Gasteiger partial charge < -0.3 is 9.22 Å². The van der Waals surface area contributed by atoms with E-state index in [0.29, 0.717) is 0 Å². The van der Waals surface area contributed by atoms with Crippen LogP contribution in [-0.2, 0) is 9.22 Å². The van der Waals surface area contributed by atoms with E-state index in [2.05, 4.69) is 33.9 Å². The van der Waals surface area contributed by atoms with Gasteiger partial charge in [-0.05, 0) is 31.0 Å². The Hall–Kier alpha value is -0.153. The molecule has 0 aliphatic heterocycles. The van der Waals surface area contributed by atoms with E-state index < -0.39 is 13.9 Å². The molecule has 0 amide bonds. The fourth-order valence-corrected chi connectivity index (χ4v) is 2.91. The van der Waals surface area contributed by atoms with Crippen LogP contribution in [0, 0.1) is 0 Å². The smallest absolute Gasteiger partial charge is 0.193 e. The Morgan fingerprint density at radius 1 is 1.13 bits per heavy atom. The normalized spacial score (nSPS) is 14.1. The minimum Gasteiger partial charge on any atom is -0.405 e. The maximum Gasteiger partial charge on any atom is 0.193 e. The number of carbonyl (C=O) groups is 1. The van der Waals surface area contributed by atoms with Gasteiger partial charge in [-0.25, -0.2) is 0 Å². The van der Waals surface area contributed by atoms with Crippen molar-refractivity contribution in [2.45, 2.75) is 71.2 Å². The first kappa shape index (κ1) is 14.8. The summed E-state index contributed by atoms with van der Waals surface area (Å²) in [7, 11) is -1.83. The molecule has 0 radical (unpaired) electrons.